The molecule has 2 N–H and O–H groups in total. The first kappa shape index (κ1) is 14.8. The van der Waals surface area contributed by atoms with E-state index in [9.17, 15) is 9.59 Å². The lowest BCUT2D eigenvalue weighted by Gasteiger charge is -2.09. The van der Waals surface area contributed by atoms with Crippen molar-refractivity contribution in [1.29, 1.82) is 0 Å². The summed E-state index contributed by atoms with van der Waals surface area (Å²) in [5, 5.41) is 3.61. The number of fused-ring (bicyclic) bond motifs is 1. The average Bonchev–Trinajstić information content (AvgIpc) is 2.54. The van der Waals surface area contributed by atoms with Crippen molar-refractivity contribution < 1.29 is 9.53 Å². The predicted octanol–water partition coefficient (Wildman–Crippen LogP) is 2.25. The number of pyridine rings is 2. The van der Waals surface area contributed by atoms with Crippen LogP contribution in [0, 0.1) is 6.92 Å². The van der Waals surface area contributed by atoms with Crippen molar-refractivity contribution in [2.45, 2.75) is 6.92 Å². The van der Waals surface area contributed by atoms with Crippen LogP contribution in [0.5, 0.6) is 5.75 Å². The van der Waals surface area contributed by atoms with Crippen molar-refractivity contribution in [1.82, 2.24) is 9.97 Å². The van der Waals surface area contributed by atoms with Crippen LogP contribution in [0.4, 0.5) is 5.69 Å². The van der Waals surface area contributed by atoms with Crippen LogP contribution in [-0.2, 0) is 4.79 Å². The Morgan fingerprint density at radius 3 is 3.00 bits per heavy atom. The van der Waals surface area contributed by atoms with E-state index in [0.29, 0.717) is 5.69 Å². The highest BCUT2D eigenvalue weighted by molar-refractivity contribution is 6.01. The molecule has 6 heteroatoms. The molecule has 0 fully saturated rings. The monoisotopic (exact) mass is 309 g/mol. The van der Waals surface area contributed by atoms with Crippen molar-refractivity contribution >= 4 is 22.5 Å². The molecule has 116 valence electrons. The molecular formula is C17H15N3O3. The zero-order chi connectivity index (χ0) is 16.2. The Morgan fingerprint density at radius 1 is 1.30 bits per heavy atom. The largest absolute Gasteiger partial charge is 0.478 e. The van der Waals surface area contributed by atoms with Gasteiger partial charge in [-0.1, -0.05) is 6.07 Å². The number of nitrogens with zero attached hydrogens (tertiary/aromatic N) is 1. The van der Waals surface area contributed by atoms with E-state index in [4.69, 9.17) is 4.74 Å². The maximum absolute atomic E-state index is 12.0. The topological polar surface area (TPSA) is 84.1 Å². The number of carbonyl (C=O) groups excluding carboxylic acids is 1. The first-order valence-corrected chi connectivity index (χ1v) is 7.09. The number of ether oxygens (including phenoxy) is 1. The summed E-state index contributed by atoms with van der Waals surface area (Å²) < 4.78 is 5.27. The van der Waals surface area contributed by atoms with Gasteiger partial charge < -0.3 is 15.0 Å². The van der Waals surface area contributed by atoms with E-state index in [-0.39, 0.29) is 23.7 Å². The van der Waals surface area contributed by atoms with Crippen LogP contribution >= 0.6 is 0 Å². The van der Waals surface area contributed by atoms with Crippen LogP contribution in [0.25, 0.3) is 10.9 Å². The summed E-state index contributed by atoms with van der Waals surface area (Å²) in [5.74, 6) is -0.230. The minimum atomic E-state index is -0.346. The van der Waals surface area contributed by atoms with E-state index in [0.717, 1.165) is 16.6 Å². The molecular weight excluding hydrogens is 294 g/mol. The molecule has 0 spiro atoms. The number of benzene rings is 1. The van der Waals surface area contributed by atoms with Crippen molar-refractivity contribution in [2.24, 2.45) is 0 Å². The Kier molecular flexibility index (Phi) is 4.05. The maximum Gasteiger partial charge on any atom is 0.262 e. The summed E-state index contributed by atoms with van der Waals surface area (Å²) in [6.45, 7) is 1.52. The van der Waals surface area contributed by atoms with E-state index in [1.807, 2.05) is 18.2 Å². The molecule has 0 aliphatic heterocycles. The molecule has 0 bridgehead atoms. The molecule has 1 aromatic carbocycles. The number of amides is 1. The van der Waals surface area contributed by atoms with Crippen molar-refractivity contribution in [3.8, 4) is 5.75 Å². The summed E-state index contributed by atoms with van der Waals surface area (Å²) in [5.41, 5.74) is 1.92. The number of aromatic amines is 1. The van der Waals surface area contributed by atoms with Crippen LogP contribution in [0.3, 0.4) is 0 Å². The van der Waals surface area contributed by atoms with E-state index in [1.165, 1.54) is 12.3 Å². The van der Waals surface area contributed by atoms with Gasteiger partial charge in [-0.05, 0) is 31.2 Å². The highest BCUT2D eigenvalue weighted by Gasteiger charge is 2.08. The molecule has 0 aliphatic carbocycles. The van der Waals surface area contributed by atoms with Gasteiger partial charge in [0.2, 0.25) is 5.43 Å². The number of anilines is 1. The van der Waals surface area contributed by atoms with Crippen LogP contribution in [0.1, 0.15) is 5.69 Å². The number of H-pyrrole nitrogens is 1. The normalized spacial score (nSPS) is 10.5. The van der Waals surface area contributed by atoms with Gasteiger partial charge in [0.15, 0.2) is 12.4 Å². The Balaban J connectivity index is 1.70. The number of aryl methyl sites for hydroxylation is 1. The summed E-state index contributed by atoms with van der Waals surface area (Å²) in [6.07, 6.45) is 3.15. The lowest BCUT2D eigenvalue weighted by Crippen LogP contribution is -2.22. The SMILES string of the molecule is Cc1cc(=O)c(OCC(=O)Nc2cccc3ncccc23)c[nH]1. The molecule has 0 unspecified atom stereocenters. The first-order chi connectivity index (χ1) is 11.1. The molecule has 23 heavy (non-hydrogen) atoms. The minimum Gasteiger partial charge on any atom is -0.478 e. The summed E-state index contributed by atoms with van der Waals surface area (Å²) in [4.78, 5) is 30.8. The van der Waals surface area contributed by atoms with Gasteiger partial charge in [0.1, 0.15) is 0 Å². The molecule has 2 heterocycles. The fraction of sp³-hybridized carbons (Fsp3) is 0.118. The highest BCUT2D eigenvalue weighted by atomic mass is 16.5. The van der Waals surface area contributed by atoms with Crippen LogP contribution in [0.15, 0.2) is 53.6 Å². The lowest BCUT2D eigenvalue weighted by atomic mass is 10.2. The second-order valence-electron chi connectivity index (χ2n) is 5.06. The van der Waals surface area contributed by atoms with Crippen LogP contribution < -0.4 is 15.5 Å². The molecule has 3 aromatic rings. The van der Waals surface area contributed by atoms with Crippen molar-refractivity contribution in [3.05, 3.63) is 64.7 Å². The average molecular weight is 309 g/mol. The molecule has 0 aliphatic rings. The number of hydrogen-bond acceptors (Lipinski definition) is 4. The number of rotatable bonds is 4. The molecule has 6 nitrogen and oxygen atoms in total. The van der Waals surface area contributed by atoms with Crippen LogP contribution in [-0.4, -0.2) is 22.5 Å². The van der Waals surface area contributed by atoms with E-state index >= 15 is 0 Å². The summed E-state index contributed by atoms with van der Waals surface area (Å²) in [6, 6.07) is 10.6. The minimum absolute atomic E-state index is 0.116. The number of hydrogen-bond donors (Lipinski definition) is 2. The van der Waals surface area contributed by atoms with Crippen LogP contribution in [0.2, 0.25) is 0 Å². The maximum atomic E-state index is 12.0. The predicted molar refractivity (Wildman–Crippen MR) is 87.7 cm³/mol. The Bertz CT molecular complexity index is 913. The standard InChI is InChI=1S/C17H15N3O3/c1-11-8-15(21)16(9-19-11)23-10-17(22)20-14-6-2-5-13-12(14)4-3-7-18-13/h2-9H,10H2,1H3,(H,19,21)(H,20,22). The van der Waals surface area contributed by atoms with E-state index in [1.54, 1.807) is 25.3 Å². The Labute approximate surface area is 132 Å². The number of aromatic nitrogens is 2. The summed E-state index contributed by atoms with van der Waals surface area (Å²) in [7, 11) is 0. The molecule has 2 aromatic heterocycles. The zero-order valence-electron chi connectivity index (χ0n) is 12.5. The fourth-order valence-corrected chi connectivity index (χ4v) is 2.21. The van der Waals surface area contributed by atoms with E-state index < -0.39 is 0 Å². The second kappa shape index (κ2) is 6.31. The van der Waals surface area contributed by atoms with Gasteiger partial charge in [0.05, 0.1) is 11.2 Å². The molecule has 1 amide bonds. The van der Waals surface area contributed by atoms with Gasteiger partial charge in [-0.25, -0.2) is 0 Å². The molecule has 0 atom stereocenters. The smallest absolute Gasteiger partial charge is 0.262 e. The van der Waals surface area contributed by atoms with Crippen molar-refractivity contribution in [3.63, 3.8) is 0 Å². The third kappa shape index (κ3) is 3.37. The molecule has 0 saturated heterocycles. The Hall–Kier alpha value is -3.15. The molecule has 0 radical (unpaired) electrons. The van der Waals surface area contributed by atoms with Gasteiger partial charge >= 0.3 is 0 Å². The van der Waals surface area contributed by atoms with Gasteiger partial charge in [-0.15, -0.1) is 0 Å². The summed E-state index contributed by atoms with van der Waals surface area (Å²) >= 11 is 0. The van der Waals surface area contributed by atoms with Gasteiger partial charge in [-0.3, -0.25) is 14.6 Å². The highest BCUT2D eigenvalue weighted by Crippen LogP contribution is 2.21. The quantitative estimate of drug-likeness (QED) is 0.774. The van der Waals surface area contributed by atoms with Gasteiger partial charge in [0.25, 0.3) is 5.91 Å². The first-order valence-electron chi connectivity index (χ1n) is 7.09. The Morgan fingerprint density at radius 2 is 2.17 bits per heavy atom. The molecule has 0 saturated carbocycles. The van der Waals surface area contributed by atoms with Crippen molar-refractivity contribution in [2.75, 3.05) is 11.9 Å². The number of carbonyl (C=O) groups is 1. The third-order valence-corrected chi connectivity index (χ3v) is 3.30. The molecule has 3 rings (SSSR count). The zero-order valence-corrected chi connectivity index (χ0v) is 12.5. The van der Waals surface area contributed by atoms with Gasteiger partial charge in [0, 0.05) is 29.5 Å². The fourth-order valence-electron chi connectivity index (χ4n) is 2.21. The van der Waals surface area contributed by atoms with E-state index in [2.05, 4.69) is 15.3 Å². The van der Waals surface area contributed by atoms with Gasteiger partial charge in [-0.2, -0.15) is 0 Å². The second-order valence-corrected chi connectivity index (χ2v) is 5.06. The lowest BCUT2D eigenvalue weighted by molar-refractivity contribution is -0.118. The third-order valence-electron chi connectivity index (χ3n) is 3.30. The number of nitrogens with one attached hydrogen (secondary N) is 2.